The van der Waals surface area contributed by atoms with Crippen LogP contribution in [0.3, 0.4) is 0 Å². The lowest BCUT2D eigenvalue weighted by molar-refractivity contribution is 0.103. The first-order valence-corrected chi connectivity index (χ1v) is 9.75. The molecule has 0 saturated heterocycles. The number of benzene rings is 2. The second kappa shape index (κ2) is 7.41. The van der Waals surface area contributed by atoms with E-state index in [-0.39, 0.29) is 10.6 Å². The van der Waals surface area contributed by atoms with Crippen LogP contribution in [0.5, 0.6) is 0 Å². The Hall–Kier alpha value is -2.85. The normalized spacial score (nSPS) is 11.2. The van der Waals surface area contributed by atoms with Crippen LogP contribution in [0.2, 0.25) is 0 Å². The lowest BCUT2D eigenvalue weighted by Crippen LogP contribution is -2.17. The fourth-order valence-corrected chi connectivity index (χ4v) is 4.03. The van der Waals surface area contributed by atoms with Gasteiger partial charge in [0.15, 0.2) is 11.6 Å². The van der Waals surface area contributed by atoms with E-state index < -0.39 is 38.3 Å². The van der Waals surface area contributed by atoms with E-state index >= 15 is 0 Å². The lowest BCUT2D eigenvalue weighted by atomic mass is 10.3. The van der Waals surface area contributed by atoms with Gasteiger partial charge in [-0.1, -0.05) is 0 Å². The number of hydrogen-bond donors (Lipinski definition) is 2. The summed E-state index contributed by atoms with van der Waals surface area (Å²) < 4.78 is 66.1. The number of thiophene rings is 1. The highest BCUT2D eigenvalue weighted by Crippen LogP contribution is 2.27. The molecular formula is C17H11F3N2O3S2. The zero-order chi connectivity index (χ0) is 19.6. The maximum Gasteiger partial charge on any atom is 0.267 e. The van der Waals surface area contributed by atoms with Crippen LogP contribution in [0.15, 0.2) is 58.8 Å². The molecule has 1 heterocycles. The fraction of sp³-hybridized carbons (Fsp3) is 0. The zero-order valence-electron chi connectivity index (χ0n) is 13.4. The molecule has 0 aliphatic carbocycles. The lowest BCUT2D eigenvalue weighted by Gasteiger charge is -2.10. The Balaban J connectivity index is 1.82. The highest BCUT2D eigenvalue weighted by molar-refractivity contribution is 7.92. The molecule has 0 atom stereocenters. The molecular weight excluding hydrogens is 401 g/mol. The Morgan fingerprint density at radius 2 is 1.63 bits per heavy atom. The van der Waals surface area contributed by atoms with Gasteiger partial charge in [0.25, 0.3) is 15.9 Å². The van der Waals surface area contributed by atoms with Crippen molar-refractivity contribution in [2.24, 2.45) is 0 Å². The van der Waals surface area contributed by atoms with Crippen molar-refractivity contribution in [1.29, 1.82) is 0 Å². The number of anilines is 2. The molecule has 27 heavy (non-hydrogen) atoms. The van der Waals surface area contributed by atoms with Gasteiger partial charge in [-0.25, -0.2) is 21.6 Å². The van der Waals surface area contributed by atoms with Gasteiger partial charge in [-0.2, -0.15) is 0 Å². The molecule has 0 unspecified atom stereocenters. The van der Waals surface area contributed by atoms with Gasteiger partial charge < -0.3 is 5.32 Å². The molecule has 0 saturated carbocycles. The molecule has 2 N–H and O–H groups in total. The number of halogens is 3. The first-order valence-electron chi connectivity index (χ1n) is 7.38. The van der Waals surface area contributed by atoms with Gasteiger partial charge in [0.1, 0.15) is 10.7 Å². The first kappa shape index (κ1) is 18.9. The van der Waals surface area contributed by atoms with Gasteiger partial charge in [0, 0.05) is 5.69 Å². The number of rotatable bonds is 5. The average molecular weight is 412 g/mol. The van der Waals surface area contributed by atoms with Crippen LogP contribution in [0.1, 0.15) is 9.67 Å². The summed E-state index contributed by atoms with van der Waals surface area (Å²) in [5.74, 6) is -3.56. The van der Waals surface area contributed by atoms with E-state index in [1.807, 2.05) is 0 Å². The van der Waals surface area contributed by atoms with E-state index in [0.717, 1.165) is 29.5 Å². The van der Waals surface area contributed by atoms with Crippen LogP contribution in [0.4, 0.5) is 24.5 Å². The minimum absolute atomic E-state index is 0.0238. The topological polar surface area (TPSA) is 75.3 Å². The molecule has 0 aliphatic rings. The molecule has 0 aliphatic heterocycles. The predicted octanol–water partition coefficient (Wildman–Crippen LogP) is 4.22. The van der Waals surface area contributed by atoms with Crippen molar-refractivity contribution in [1.82, 2.24) is 0 Å². The Kier molecular flexibility index (Phi) is 5.19. The predicted molar refractivity (Wildman–Crippen MR) is 95.8 cm³/mol. The van der Waals surface area contributed by atoms with Crippen molar-refractivity contribution in [3.8, 4) is 0 Å². The third-order valence-corrected chi connectivity index (χ3v) is 5.70. The molecule has 1 aromatic heterocycles. The summed E-state index contributed by atoms with van der Waals surface area (Å²) in [5.41, 5.74) is 0.300. The smallest absolute Gasteiger partial charge is 0.267 e. The average Bonchev–Trinajstić information content (AvgIpc) is 3.06. The zero-order valence-corrected chi connectivity index (χ0v) is 15.0. The third-order valence-electron chi connectivity index (χ3n) is 3.42. The van der Waals surface area contributed by atoms with Crippen molar-refractivity contribution in [3.05, 3.63) is 76.2 Å². The van der Waals surface area contributed by atoms with E-state index in [1.165, 1.54) is 23.6 Å². The highest BCUT2D eigenvalue weighted by Gasteiger charge is 2.21. The summed E-state index contributed by atoms with van der Waals surface area (Å²) in [7, 11) is -4.24. The van der Waals surface area contributed by atoms with Crippen molar-refractivity contribution >= 4 is 38.6 Å². The second-order valence-electron chi connectivity index (χ2n) is 5.31. The van der Waals surface area contributed by atoms with Gasteiger partial charge >= 0.3 is 0 Å². The minimum atomic E-state index is -4.24. The van der Waals surface area contributed by atoms with Gasteiger partial charge in [0.2, 0.25) is 0 Å². The molecule has 3 aromatic rings. The molecule has 0 fully saturated rings. The molecule has 140 valence electrons. The molecule has 10 heteroatoms. The van der Waals surface area contributed by atoms with Crippen molar-refractivity contribution in [3.63, 3.8) is 0 Å². The van der Waals surface area contributed by atoms with Gasteiger partial charge in [-0.3, -0.25) is 9.52 Å². The van der Waals surface area contributed by atoms with Crippen LogP contribution in [0.25, 0.3) is 0 Å². The fourth-order valence-electron chi connectivity index (χ4n) is 2.13. The Morgan fingerprint density at radius 1 is 0.926 bits per heavy atom. The molecule has 1 amide bonds. The van der Waals surface area contributed by atoms with E-state index in [2.05, 4.69) is 10.0 Å². The van der Waals surface area contributed by atoms with Gasteiger partial charge in [-0.05, 0) is 53.9 Å². The van der Waals surface area contributed by atoms with E-state index in [0.29, 0.717) is 17.8 Å². The van der Waals surface area contributed by atoms with Gasteiger partial charge in [-0.15, -0.1) is 11.3 Å². The number of amides is 1. The SMILES string of the molecule is O=C(Nc1ccc(F)cc1)c1sccc1NS(=O)(=O)c1ccc(F)c(F)c1. The van der Waals surface area contributed by atoms with Crippen LogP contribution < -0.4 is 10.0 Å². The van der Waals surface area contributed by atoms with Crippen molar-refractivity contribution in [2.75, 3.05) is 10.0 Å². The number of hydrogen-bond acceptors (Lipinski definition) is 4. The van der Waals surface area contributed by atoms with Crippen LogP contribution in [-0.2, 0) is 10.0 Å². The quantitative estimate of drug-likeness (QED) is 0.659. The van der Waals surface area contributed by atoms with E-state index in [9.17, 15) is 26.4 Å². The van der Waals surface area contributed by atoms with Crippen LogP contribution in [0, 0.1) is 17.5 Å². The summed E-state index contributed by atoms with van der Waals surface area (Å²) in [6.07, 6.45) is 0. The van der Waals surface area contributed by atoms with Crippen molar-refractivity contribution < 1.29 is 26.4 Å². The summed E-state index contributed by atoms with van der Waals surface area (Å²) in [5, 5.41) is 4.00. The summed E-state index contributed by atoms with van der Waals surface area (Å²) in [6, 6.07) is 8.54. The largest absolute Gasteiger partial charge is 0.321 e. The molecule has 0 radical (unpaired) electrons. The molecule has 0 spiro atoms. The van der Waals surface area contributed by atoms with Crippen LogP contribution in [-0.4, -0.2) is 14.3 Å². The molecule has 5 nitrogen and oxygen atoms in total. The summed E-state index contributed by atoms with van der Waals surface area (Å²) in [6.45, 7) is 0. The van der Waals surface area contributed by atoms with Crippen molar-refractivity contribution in [2.45, 2.75) is 4.90 Å². The maximum absolute atomic E-state index is 13.3. The third kappa shape index (κ3) is 4.29. The first-order chi connectivity index (χ1) is 12.8. The minimum Gasteiger partial charge on any atom is -0.321 e. The number of nitrogens with one attached hydrogen (secondary N) is 2. The van der Waals surface area contributed by atoms with E-state index in [4.69, 9.17) is 0 Å². The number of carbonyl (C=O) groups excluding carboxylic acids is 1. The van der Waals surface area contributed by atoms with E-state index in [1.54, 1.807) is 0 Å². The molecule has 0 bridgehead atoms. The van der Waals surface area contributed by atoms with Crippen LogP contribution >= 0.6 is 11.3 Å². The monoisotopic (exact) mass is 412 g/mol. The Morgan fingerprint density at radius 3 is 2.30 bits per heavy atom. The number of sulfonamides is 1. The van der Waals surface area contributed by atoms with Gasteiger partial charge in [0.05, 0.1) is 10.6 Å². The maximum atomic E-state index is 13.3. The molecule has 3 rings (SSSR count). The summed E-state index contributed by atoms with van der Waals surface area (Å²) >= 11 is 0.974. The Labute approximate surface area is 156 Å². The second-order valence-corrected chi connectivity index (χ2v) is 7.90. The standard InChI is InChI=1S/C17H11F3N2O3S2/c18-10-1-3-11(4-2-10)21-17(23)16-15(7-8-26-16)22-27(24,25)12-5-6-13(19)14(20)9-12/h1-9,22H,(H,21,23). The Bertz CT molecular complexity index is 1100. The number of carbonyl (C=O) groups is 1. The summed E-state index contributed by atoms with van der Waals surface area (Å²) in [4.78, 5) is 11.9. The highest BCUT2D eigenvalue weighted by atomic mass is 32.2. The molecule has 2 aromatic carbocycles.